The molecule has 1 aliphatic rings. The molecule has 0 atom stereocenters. The quantitative estimate of drug-likeness (QED) is 0.720. The maximum atomic E-state index is 4.29. The standard InChI is InChI=1S/C11H20N4/c1-11-3-4-12-15(11)10-9-14-7-5-13(2)6-8-14/h3-4H,5-10H2,1-2H3. The van der Waals surface area contributed by atoms with Gasteiger partial charge in [0.2, 0.25) is 0 Å². The maximum Gasteiger partial charge on any atom is 0.0539 e. The highest BCUT2D eigenvalue weighted by atomic mass is 15.3. The Balaban J connectivity index is 1.77. The number of aryl methyl sites for hydroxylation is 1. The Hall–Kier alpha value is -0.870. The molecule has 0 saturated carbocycles. The van der Waals surface area contributed by atoms with Crippen LogP contribution < -0.4 is 0 Å². The fourth-order valence-electron chi connectivity index (χ4n) is 1.94. The lowest BCUT2D eigenvalue weighted by molar-refractivity contribution is 0.148. The Morgan fingerprint density at radius 2 is 1.93 bits per heavy atom. The zero-order valence-corrected chi connectivity index (χ0v) is 9.69. The molecule has 15 heavy (non-hydrogen) atoms. The molecule has 0 bridgehead atoms. The van der Waals surface area contributed by atoms with Crippen LogP contribution in [0.3, 0.4) is 0 Å². The summed E-state index contributed by atoms with van der Waals surface area (Å²) in [5.74, 6) is 0. The zero-order valence-electron chi connectivity index (χ0n) is 9.69. The summed E-state index contributed by atoms with van der Waals surface area (Å²) in [6.07, 6.45) is 1.87. The third-order valence-electron chi connectivity index (χ3n) is 3.15. The zero-order chi connectivity index (χ0) is 10.7. The molecular formula is C11H20N4. The lowest BCUT2D eigenvalue weighted by Crippen LogP contribution is -2.45. The van der Waals surface area contributed by atoms with E-state index in [1.54, 1.807) is 0 Å². The summed E-state index contributed by atoms with van der Waals surface area (Å²) >= 11 is 0. The average Bonchev–Trinajstić information content (AvgIpc) is 2.63. The van der Waals surface area contributed by atoms with Gasteiger partial charge in [-0.15, -0.1) is 0 Å². The minimum Gasteiger partial charge on any atom is -0.304 e. The second-order valence-corrected chi connectivity index (χ2v) is 4.34. The van der Waals surface area contributed by atoms with Crippen molar-refractivity contribution in [2.24, 2.45) is 0 Å². The molecule has 1 aromatic rings. The highest BCUT2D eigenvalue weighted by Crippen LogP contribution is 2.01. The van der Waals surface area contributed by atoms with E-state index in [9.17, 15) is 0 Å². The van der Waals surface area contributed by atoms with E-state index in [0.717, 1.165) is 13.1 Å². The number of hydrogen-bond donors (Lipinski definition) is 0. The van der Waals surface area contributed by atoms with Crippen molar-refractivity contribution in [2.45, 2.75) is 13.5 Å². The molecule has 4 heteroatoms. The summed E-state index contributed by atoms with van der Waals surface area (Å²) in [6, 6.07) is 2.06. The van der Waals surface area contributed by atoms with Crippen LogP contribution in [0.25, 0.3) is 0 Å². The fourth-order valence-corrected chi connectivity index (χ4v) is 1.94. The third-order valence-corrected chi connectivity index (χ3v) is 3.15. The van der Waals surface area contributed by atoms with Crippen molar-refractivity contribution in [3.63, 3.8) is 0 Å². The number of rotatable bonds is 3. The first-order valence-corrected chi connectivity index (χ1v) is 5.65. The van der Waals surface area contributed by atoms with Crippen molar-refractivity contribution in [1.82, 2.24) is 19.6 Å². The Labute approximate surface area is 91.5 Å². The molecule has 0 N–H and O–H groups in total. The predicted molar refractivity (Wildman–Crippen MR) is 60.9 cm³/mol. The molecule has 1 fully saturated rings. The minimum absolute atomic E-state index is 1.02. The topological polar surface area (TPSA) is 24.3 Å². The Kier molecular flexibility index (Phi) is 3.38. The van der Waals surface area contributed by atoms with Gasteiger partial charge >= 0.3 is 0 Å². The van der Waals surface area contributed by atoms with Crippen LogP contribution in [-0.4, -0.2) is 59.4 Å². The van der Waals surface area contributed by atoms with E-state index in [0.29, 0.717) is 0 Å². The second kappa shape index (κ2) is 4.77. The molecule has 0 unspecified atom stereocenters. The van der Waals surface area contributed by atoms with E-state index in [1.165, 1.54) is 31.9 Å². The van der Waals surface area contributed by atoms with Gasteiger partial charge in [0, 0.05) is 44.6 Å². The van der Waals surface area contributed by atoms with Gasteiger partial charge in [-0.3, -0.25) is 9.58 Å². The van der Waals surface area contributed by atoms with E-state index in [4.69, 9.17) is 0 Å². The summed E-state index contributed by atoms with van der Waals surface area (Å²) in [4.78, 5) is 4.90. The van der Waals surface area contributed by atoms with Gasteiger partial charge in [0.25, 0.3) is 0 Å². The molecule has 0 radical (unpaired) electrons. The summed E-state index contributed by atoms with van der Waals surface area (Å²) in [5.41, 5.74) is 1.25. The van der Waals surface area contributed by atoms with Gasteiger partial charge in [-0.25, -0.2) is 0 Å². The molecule has 2 heterocycles. The van der Waals surface area contributed by atoms with E-state index >= 15 is 0 Å². The van der Waals surface area contributed by atoms with E-state index in [1.807, 2.05) is 6.20 Å². The molecule has 4 nitrogen and oxygen atoms in total. The van der Waals surface area contributed by atoms with Gasteiger partial charge in [-0.2, -0.15) is 5.10 Å². The van der Waals surface area contributed by atoms with Crippen LogP contribution in [-0.2, 0) is 6.54 Å². The number of nitrogens with zero attached hydrogens (tertiary/aromatic N) is 4. The molecule has 0 spiro atoms. The monoisotopic (exact) mass is 208 g/mol. The van der Waals surface area contributed by atoms with Gasteiger partial charge in [0.1, 0.15) is 0 Å². The molecule has 1 aliphatic heterocycles. The van der Waals surface area contributed by atoms with Crippen LogP contribution >= 0.6 is 0 Å². The second-order valence-electron chi connectivity index (χ2n) is 4.34. The normalized spacial score (nSPS) is 19.6. The van der Waals surface area contributed by atoms with Crippen LogP contribution in [0.5, 0.6) is 0 Å². The first kappa shape index (κ1) is 10.6. The SMILES string of the molecule is Cc1ccnn1CCN1CCN(C)CC1. The van der Waals surface area contributed by atoms with Crippen molar-refractivity contribution < 1.29 is 0 Å². The van der Waals surface area contributed by atoms with Crippen molar-refractivity contribution in [3.05, 3.63) is 18.0 Å². The Morgan fingerprint density at radius 1 is 1.20 bits per heavy atom. The van der Waals surface area contributed by atoms with Crippen LogP contribution in [0.2, 0.25) is 0 Å². The third kappa shape index (κ3) is 2.79. The van der Waals surface area contributed by atoms with Crippen molar-refractivity contribution in [2.75, 3.05) is 39.8 Å². The first-order chi connectivity index (χ1) is 7.25. The van der Waals surface area contributed by atoms with Gasteiger partial charge in [0.05, 0.1) is 6.54 Å². The minimum atomic E-state index is 1.02. The number of aromatic nitrogens is 2. The lowest BCUT2D eigenvalue weighted by atomic mass is 10.3. The van der Waals surface area contributed by atoms with Crippen LogP contribution in [0, 0.1) is 6.92 Å². The number of likely N-dealkylation sites (N-methyl/N-ethyl adjacent to an activating group) is 1. The van der Waals surface area contributed by atoms with Crippen molar-refractivity contribution in [3.8, 4) is 0 Å². The average molecular weight is 208 g/mol. The van der Waals surface area contributed by atoms with Gasteiger partial charge < -0.3 is 4.90 Å². The van der Waals surface area contributed by atoms with Crippen LogP contribution in [0.15, 0.2) is 12.3 Å². The van der Waals surface area contributed by atoms with Gasteiger partial charge in [-0.1, -0.05) is 0 Å². The molecule has 0 aliphatic carbocycles. The van der Waals surface area contributed by atoms with E-state index < -0.39 is 0 Å². The molecule has 0 aromatic carbocycles. The Bertz CT molecular complexity index is 299. The summed E-state index contributed by atoms with van der Waals surface area (Å²) in [6.45, 7) is 9.01. The van der Waals surface area contributed by atoms with Crippen LogP contribution in [0.4, 0.5) is 0 Å². The summed E-state index contributed by atoms with van der Waals surface area (Å²) < 4.78 is 2.08. The fraction of sp³-hybridized carbons (Fsp3) is 0.727. The summed E-state index contributed by atoms with van der Waals surface area (Å²) in [5, 5.41) is 4.29. The van der Waals surface area contributed by atoms with Gasteiger partial charge in [-0.05, 0) is 20.0 Å². The molecule has 84 valence electrons. The smallest absolute Gasteiger partial charge is 0.0539 e. The van der Waals surface area contributed by atoms with E-state index in [2.05, 4.69) is 39.6 Å². The lowest BCUT2D eigenvalue weighted by Gasteiger charge is -2.32. The predicted octanol–water partition coefficient (Wildman–Crippen LogP) is 0.439. The van der Waals surface area contributed by atoms with E-state index in [-0.39, 0.29) is 0 Å². The van der Waals surface area contributed by atoms with Gasteiger partial charge in [0.15, 0.2) is 0 Å². The van der Waals surface area contributed by atoms with Crippen LogP contribution in [0.1, 0.15) is 5.69 Å². The Morgan fingerprint density at radius 3 is 2.53 bits per heavy atom. The summed E-state index contributed by atoms with van der Waals surface area (Å²) in [7, 11) is 2.19. The molecular weight excluding hydrogens is 188 g/mol. The molecule has 0 amide bonds. The number of hydrogen-bond acceptors (Lipinski definition) is 3. The first-order valence-electron chi connectivity index (χ1n) is 5.65. The molecule has 2 rings (SSSR count). The molecule has 1 saturated heterocycles. The largest absolute Gasteiger partial charge is 0.304 e. The highest BCUT2D eigenvalue weighted by molar-refractivity contribution is 4.96. The van der Waals surface area contributed by atoms with Crippen molar-refractivity contribution >= 4 is 0 Å². The highest BCUT2D eigenvalue weighted by Gasteiger charge is 2.13. The molecule has 1 aromatic heterocycles. The maximum absolute atomic E-state index is 4.29. The van der Waals surface area contributed by atoms with Crippen molar-refractivity contribution in [1.29, 1.82) is 0 Å². The number of piperazine rings is 1.